The standard InChI is InChI=1S/C13H21N3OS/c1-13(4-6-17-7-5-13)8-15-12-10(9-2-3-9)11(14)16-18-12/h9,15H,2-8H2,1H3,(H2,14,16). The number of nitrogens with two attached hydrogens (primary N) is 1. The molecular weight excluding hydrogens is 246 g/mol. The summed E-state index contributed by atoms with van der Waals surface area (Å²) in [6.07, 6.45) is 4.80. The average Bonchev–Trinajstić information content (AvgIpc) is 3.12. The SMILES string of the molecule is CC1(CNc2snc(N)c2C2CC2)CCOCC1. The van der Waals surface area contributed by atoms with Crippen LogP contribution in [0.15, 0.2) is 0 Å². The molecule has 5 heteroatoms. The highest BCUT2D eigenvalue weighted by molar-refractivity contribution is 7.10. The van der Waals surface area contributed by atoms with E-state index in [0.29, 0.717) is 11.3 Å². The summed E-state index contributed by atoms with van der Waals surface area (Å²) in [4.78, 5) is 0. The van der Waals surface area contributed by atoms with E-state index in [1.807, 2.05) is 0 Å². The highest BCUT2D eigenvalue weighted by Gasteiger charge is 2.32. The maximum atomic E-state index is 5.96. The van der Waals surface area contributed by atoms with E-state index in [2.05, 4.69) is 16.6 Å². The number of rotatable bonds is 4. The Bertz CT molecular complexity index is 422. The fourth-order valence-corrected chi connectivity index (χ4v) is 3.33. The molecule has 0 spiro atoms. The van der Waals surface area contributed by atoms with E-state index in [1.165, 1.54) is 34.9 Å². The lowest BCUT2D eigenvalue weighted by molar-refractivity contribution is 0.0300. The minimum absolute atomic E-state index is 0.345. The summed E-state index contributed by atoms with van der Waals surface area (Å²) in [5, 5.41) is 4.78. The zero-order valence-corrected chi connectivity index (χ0v) is 11.7. The van der Waals surface area contributed by atoms with Crippen LogP contribution in [0.3, 0.4) is 0 Å². The van der Waals surface area contributed by atoms with Gasteiger partial charge >= 0.3 is 0 Å². The maximum Gasteiger partial charge on any atom is 0.142 e. The van der Waals surface area contributed by atoms with E-state index in [4.69, 9.17) is 10.5 Å². The van der Waals surface area contributed by atoms with E-state index in [0.717, 1.165) is 38.4 Å². The van der Waals surface area contributed by atoms with Crippen molar-refractivity contribution < 1.29 is 4.74 Å². The maximum absolute atomic E-state index is 5.96. The Balaban J connectivity index is 1.65. The third-order valence-electron chi connectivity index (χ3n) is 4.12. The van der Waals surface area contributed by atoms with Crippen LogP contribution in [-0.4, -0.2) is 24.1 Å². The van der Waals surface area contributed by atoms with Gasteiger partial charge in [0, 0.05) is 25.3 Å². The summed E-state index contributed by atoms with van der Waals surface area (Å²) in [5.74, 6) is 1.40. The van der Waals surface area contributed by atoms with E-state index in [1.54, 1.807) is 0 Å². The van der Waals surface area contributed by atoms with Gasteiger partial charge in [-0.2, -0.15) is 4.37 Å². The summed E-state index contributed by atoms with van der Waals surface area (Å²) in [5.41, 5.74) is 7.58. The minimum Gasteiger partial charge on any atom is -0.383 e. The monoisotopic (exact) mass is 267 g/mol. The van der Waals surface area contributed by atoms with Crippen LogP contribution in [0.2, 0.25) is 0 Å². The van der Waals surface area contributed by atoms with Crippen LogP contribution in [0.5, 0.6) is 0 Å². The first kappa shape index (κ1) is 12.2. The van der Waals surface area contributed by atoms with Gasteiger partial charge in [0.1, 0.15) is 10.8 Å². The van der Waals surface area contributed by atoms with Crippen molar-refractivity contribution in [2.75, 3.05) is 30.8 Å². The van der Waals surface area contributed by atoms with E-state index < -0.39 is 0 Å². The first-order valence-electron chi connectivity index (χ1n) is 6.75. The Kier molecular flexibility index (Phi) is 3.20. The molecule has 0 atom stereocenters. The van der Waals surface area contributed by atoms with Crippen LogP contribution in [-0.2, 0) is 4.74 Å². The number of nitrogens with one attached hydrogen (secondary N) is 1. The molecule has 3 rings (SSSR count). The van der Waals surface area contributed by atoms with E-state index in [-0.39, 0.29) is 0 Å². The number of ether oxygens (including phenoxy) is 1. The molecular formula is C13H21N3OS. The Hall–Kier alpha value is -0.810. The van der Waals surface area contributed by atoms with Crippen molar-refractivity contribution in [3.05, 3.63) is 5.56 Å². The number of nitrogen functional groups attached to an aromatic ring is 1. The van der Waals surface area contributed by atoms with Crippen molar-refractivity contribution in [1.29, 1.82) is 0 Å². The molecule has 2 aliphatic rings. The van der Waals surface area contributed by atoms with Crippen molar-refractivity contribution >= 4 is 22.4 Å². The summed E-state index contributed by atoms with van der Waals surface area (Å²) < 4.78 is 9.73. The van der Waals surface area contributed by atoms with Gasteiger partial charge in [0.05, 0.1) is 0 Å². The third kappa shape index (κ3) is 2.47. The van der Waals surface area contributed by atoms with Crippen molar-refractivity contribution in [3.8, 4) is 0 Å². The highest BCUT2D eigenvalue weighted by Crippen LogP contribution is 2.48. The molecule has 0 aromatic carbocycles. The Morgan fingerprint density at radius 2 is 2.17 bits per heavy atom. The molecule has 4 nitrogen and oxygen atoms in total. The number of nitrogens with zero attached hydrogens (tertiary/aromatic N) is 1. The van der Waals surface area contributed by atoms with Crippen LogP contribution in [0.1, 0.15) is 44.1 Å². The fraction of sp³-hybridized carbons (Fsp3) is 0.769. The number of anilines is 2. The molecule has 1 aromatic heterocycles. The molecule has 2 heterocycles. The molecule has 1 aliphatic heterocycles. The summed E-state index contributed by atoms with van der Waals surface area (Å²) in [7, 11) is 0. The molecule has 1 aromatic rings. The smallest absolute Gasteiger partial charge is 0.142 e. The second kappa shape index (κ2) is 4.70. The zero-order valence-electron chi connectivity index (χ0n) is 10.9. The first-order valence-corrected chi connectivity index (χ1v) is 7.52. The highest BCUT2D eigenvalue weighted by atomic mass is 32.1. The third-order valence-corrected chi connectivity index (χ3v) is 4.95. The van der Waals surface area contributed by atoms with Crippen molar-refractivity contribution in [2.24, 2.45) is 5.41 Å². The molecule has 1 aliphatic carbocycles. The molecule has 0 bridgehead atoms. The first-order chi connectivity index (χ1) is 8.68. The lowest BCUT2D eigenvalue weighted by Crippen LogP contribution is -2.33. The molecule has 0 radical (unpaired) electrons. The van der Waals surface area contributed by atoms with Gasteiger partial charge in [0.25, 0.3) is 0 Å². The topological polar surface area (TPSA) is 60.2 Å². The second-order valence-corrected chi connectivity index (χ2v) is 6.63. The number of hydrogen-bond donors (Lipinski definition) is 2. The van der Waals surface area contributed by atoms with Gasteiger partial charge in [-0.05, 0) is 48.5 Å². The van der Waals surface area contributed by atoms with Gasteiger partial charge in [0.2, 0.25) is 0 Å². The van der Waals surface area contributed by atoms with Crippen LogP contribution in [0, 0.1) is 5.41 Å². The largest absolute Gasteiger partial charge is 0.383 e. The zero-order chi connectivity index (χ0) is 12.6. The van der Waals surface area contributed by atoms with Crippen LogP contribution < -0.4 is 11.1 Å². The van der Waals surface area contributed by atoms with Crippen LogP contribution in [0.25, 0.3) is 0 Å². The predicted octanol–water partition coefficient (Wildman–Crippen LogP) is 2.83. The molecule has 1 saturated heterocycles. The lowest BCUT2D eigenvalue weighted by Gasteiger charge is -2.33. The van der Waals surface area contributed by atoms with E-state index >= 15 is 0 Å². The predicted molar refractivity (Wildman–Crippen MR) is 75.2 cm³/mol. The summed E-state index contributed by atoms with van der Waals surface area (Å²) >= 11 is 1.51. The van der Waals surface area contributed by atoms with Gasteiger partial charge < -0.3 is 15.8 Å². The van der Waals surface area contributed by atoms with Gasteiger partial charge in [-0.1, -0.05) is 6.92 Å². The van der Waals surface area contributed by atoms with E-state index in [9.17, 15) is 0 Å². The molecule has 0 amide bonds. The molecule has 2 fully saturated rings. The number of aromatic nitrogens is 1. The van der Waals surface area contributed by atoms with Crippen molar-refractivity contribution in [1.82, 2.24) is 4.37 Å². The molecule has 100 valence electrons. The van der Waals surface area contributed by atoms with Crippen molar-refractivity contribution in [2.45, 2.75) is 38.5 Å². The molecule has 3 N–H and O–H groups in total. The minimum atomic E-state index is 0.345. The average molecular weight is 267 g/mol. The summed E-state index contributed by atoms with van der Waals surface area (Å²) in [6.45, 7) is 5.11. The van der Waals surface area contributed by atoms with Gasteiger partial charge in [-0.15, -0.1) is 0 Å². The molecule has 0 unspecified atom stereocenters. The molecule has 1 saturated carbocycles. The normalized spacial score (nSPS) is 22.9. The van der Waals surface area contributed by atoms with Crippen LogP contribution in [0.4, 0.5) is 10.8 Å². The Morgan fingerprint density at radius 1 is 1.44 bits per heavy atom. The summed E-state index contributed by atoms with van der Waals surface area (Å²) in [6, 6.07) is 0. The quantitative estimate of drug-likeness (QED) is 0.880. The van der Waals surface area contributed by atoms with Gasteiger partial charge in [0.15, 0.2) is 0 Å². The second-order valence-electron chi connectivity index (χ2n) is 5.86. The lowest BCUT2D eigenvalue weighted by atomic mass is 9.82. The Morgan fingerprint density at radius 3 is 2.83 bits per heavy atom. The molecule has 18 heavy (non-hydrogen) atoms. The number of hydrogen-bond acceptors (Lipinski definition) is 5. The fourth-order valence-electron chi connectivity index (χ4n) is 2.54. The van der Waals surface area contributed by atoms with Crippen LogP contribution >= 0.6 is 11.5 Å². The Labute approximate surface area is 112 Å². The van der Waals surface area contributed by atoms with Crippen molar-refractivity contribution in [3.63, 3.8) is 0 Å². The van der Waals surface area contributed by atoms with Gasteiger partial charge in [-0.25, -0.2) is 0 Å². The van der Waals surface area contributed by atoms with Gasteiger partial charge in [-0.3, -0.25) is 0 Å².